The molecule has 2 amide bonds. The van der Waals surface area contributed by atoms with Gasteiger partial charge in [-0.05, 0) is 39.7 Å². The molecule has 0 fully saturated rings. The van der Waals surface area contributed by atoms with Crippen LogP contribution in [0.25, 0.3) is 0 Å². The Morgan fingerprint density at radius 2 is 1.95 bits per heavy atom. The summed E-state index contributed by atoms with van der Waals surface area (Å²) in [7, 11) is 0. The van der Waals surface area contributed by atoms with Crippen molar-refractivity contribution in [1.82, 2.24) is 10.6 Å². The van der Waals surface area contributed by atoms with Crippen LogP contribution in [-0.2, 0) is 0 Å². The Bertz CT molecular complexity index is 428. The highest BCUT2D eigenvalue weighted by atomic mass is 16.3. The lowest BCUT2D eigenvalue weighted by Crippen LogP contribution is -2.44. The first kappa shape index (κ1) is 15.6. The summed E-state index contributed by atoms with van der Waals surface area (Å²) in [5.41, 5.74) is 0.982. The van der Waals surface area contributed by atoms with Gasteiger partial charge in [-0.2, -0.15) is 0 Å². The van der Waals surface area contributed by atoms with Crippen molar-refractivity contribution >= 4 is 6.03 Å². The third-order valence-corrected chi connectivity index (χ3v) is 3.39. The average Bonchev–Trinajstić information content (AvgIpc) is 2.67. The Balaban J connectivity index is 2.55. The van der Waals surface area contributed by atoms with E-state index in [0.717, 1.165) is 17.1 Å². The van der Waals surface area contributed by atoms with Crippen LogP contribution in [0.2, 0.25) is 0 Å². The smallest absolute Gasteiger partial charge is 0.315 e. The second-order valence-electron chi connectivity index (χ2n) is 5.16. The summed E-state index contributed by atoms with van der Waals surface area (Å²) in [6.45, 7) is 9.49. The van der Waals surface area contributed by atoms with Crippen LogP contribution in [0.15, 0.2) is 10.5 Å². The number of rotatable bonds is 5. The molecule has 5 heteroatoms. The maximum absolute atomic E-state index is 11.8. The topological polar surface area (TPSA) is 74.5 Å². The fourth-order valence-corrected chi connectivity index (χ4v) is 1.90. The molecule has 0 saturated carbocycles. The van der Waals surface area contributed by atoms with E-state index in [1.807, 2.05) is 40.7 Å². The molecule has 3 unspecified atom stereocenters. The van der Waals surface area contributed by atoms with E-state index in [1.165, 1.54) is 0 Å². The van der Waals surface area contributed by atoms with Crippen molar-refractivity contribution in [3.63, 3.8) is 0 Å². The summed E-state index contributed by atoms with van der Waals surface area (Å²) < 4.78 is 5.45. The van der Waals surface area contributed by atoms with E-state index < -0.39 is 0 Å². The number of aryl methyl sites for hydroxylation is 2. The fraction of sp³-hybridized carbons (Fsp3) is 0.643. The van der Waals surface area contributed by atoms with Gasteiger partial charge in [0.2, 0.25) is 0 Å². The predicted octanol–water partition coefficient (Wildman–Crippen LogP) is 2.27. The predicted molar refractivity (Wildman–Crippen MR) is 74.0 cm³/mol. The summed E-state index contributed by atoms with van der Waals surface area (Å²) in [6, 6.07) is 1.50. The molecule has 0 aliphatic carbocycles. The molecule has 0 aliphatic rings. The molecule has 5 nitrogen and oxygen atoms in total. The Morgan fingerprint density at radius 1 is 1.32 bits per heavy atom. The van der Waals surface area contributed by atoms with Crippen LogP contribution in [0.1, 0.15) is 43.9 Å². The van der Waals surface area contributed by atoms with Gasteiger partial charge in [-0.3, -0.25) is 0 Å². The van der Waals surface area contributed by atoms with Gasteiger partial charge in [0, 0.05) is 18.2 Å². The van der Waals surface area contributed by atoms with Crippen LogP contribution in [0.5, 0.6) is 0 Å². The van der Waals surface area contributed by atoms with E-state index in [4.69, 9.17) is 9.52 Å². The summed E-state index contributed by atoms with van der Waals surface area (Å²) in [5, 5.41) is 14.7. The molecule has 0 aromatic carbocycles. The molecule has 1 heterocycles. The SMILES string of the molecule is Cc1cc(C(C)NC(=O)NC(C)C(C)CO)c(C)o1. The first-order chi connectivity index (χ1) is 8.85. The van der Waals surface area contributed by atoms with Gasteiger partial charge < -0.3 is 20.2 Å². The zero-order valence-electron chi connectivity index (χ0n) is 12.3. The second-order valence-corrected chi connectivity index (χ2v) is 5.16. The molecular formula is C14H24N2O3. The maximum Gasteiger partial charge on any atom is 0.315 e. The highest BCUT2D eigenvalue weighted by Gasteiger charge is 2.18. The van der Waals surface area contributed by atoms with Crippen molar-refractivity contribution < 1.29 is 14.3 Å². The molecular weight excluding hydrogens is 244 g/mol. The zero-order valence-corrected chi connectivity index (χ0v) is 12.3. The minimum Gasteiger partial charge on any atom is -0.466 e. The van der Waals surface area contributed by atoms with E-state index in [-0.39, 0.29) is 30.6 Å². The van der Waals surface area contributed by atoms with Crippen molar-refractivity contribution in [1.29, 1.82) is 0 Å². The van der Waals surface area contributed by atoms with Crippen LogP contribution in [0.3, 0.4) is 0 Å². The average molecular weight is 268 g/mol. The van der Waals surface area contributed by atoms with Gasteiger partial charge in [-0.15, -0.1) is 0 Å². The number of hydrogen-bond donors (Lipinski definition) is 3. The monoisotopic (exact) mass is 268 g/mol. The Morgan fingerprint density at radius 3 is 2.42 bits per heavy atom. The second kappa shape index (κ2) is 6.61. The van der Waals surface area contributed by atoms with Gasteiger partial charge in [0.05, 0.1) is 6.04 Å². The van der Waals surface area contributed by atoms with E-state index >= 15 is 0 Å². The largest absolute Gasteiger partial charge is 0.466 e. The number of aliphatic hydroxyl groups excluding tert-OH is 1. The molecule has 3 N–H and O–H groups in total. The number of aliphatic hydroxyl groups is 1. The van der Waals surface area contributed by atoms with Crippen LogP contribution < -0.4 is 10.6 Å². The quantitative estimate of drug-likeness (QED) is 0.767. The molecule has 1 aromatic heterocycles. The Kier molecular flexibility index (Phi) is 5.42. The third-order valence-electron chi connectivity index (χ3n) is 3.39. The highest BCUT2D eigenvalue weighted by Crippen LogP contribution is 2.20. The number of furan rings is 1. The fourth-order valence-electron chi connectivity index (χ4n) is 1.90. The molecule has 108 valence electrons. The van der Waals surface area contributed by atoms with Crippen LogP contribution in [-0.4, -0.2) is 23.8 Å². The Hall–Kier alpha value is -1.49. The molecule has 0 radical (unpaired) electrons. The van der Waals surface area contributed by atoms with E-state index in [2.05, 4.69) is 10.6 Å². The molecule has 1 aromatic rings. The van der Waals surface area contributed by atoms with Gasteiger partial charge in [-0.1, -0.05) is 6.92 Å². The minimum absolute atomic E-state index is 0.0268. The standard InChI is InChI=1S/C14H24N2O3/c1-8(7-17)10(3)15-14(18)16-11(4)13-6-9(2)19-12(13)5/h6,8,10-11,17H,7H2,1-5H3,(H2,15,16,18). The minimum atomic E-state index is -0.237. The molecule has 0 aliphatic heterocycles. The number of hydrogen-bond acceptors (Lipinski definition) is 3. The number of nitrogens with one attached hydrogen (secondary N) is 2. The van der Waals surface area contributed by atoms with Crippen molar-refractivity contribution in [2.75, 3.05) is 6.61 Å². The molecule has 19 heavy (non-hydrogen) atoms. The number of carbonyl (C=O) groups is 1. The highest BCUT2D eigenvalue weighted by molar-refractivity contribution is 5.74. The van der Waals surface area contributed by atoms with Gasteiger partial charge >= 0.3 is 6.03 Å². The summed E-state index contributed by atoms with van der Waals surface area (Å²) in [4.78, 5) is 11.8. The van der Waals surface area contributed by atoms with E-state index in [9.17, 15) is 4.79 Å². The van der Waals surface area contributed by atoms with Gasteiger partial charge in [0.15, 0.2) is 0 Å². The molecule has 1 rings (SSSR count). The van der Waals surface area contributed by atoms with Crippen molar-refractivity contribution in [2.24, 2.45) is 5.92 Å². The summed E-state index contributed by atoms with van der Waals surface area (Å²) >= 11 is 0. The maximum atomic E-state index is 11.8. The lowest BCUT2D eigenvalue weighted by atomic mass is 10.1. The summed E-state index contributed by atoms with van der Waals surface area (Å²) in [6.07, 6.45) is 0. The molecule has 3 atom stereocenters. The molecule has 0 saturated heterocycles. The van der Waals surface area contributed by atoms with E-state index in [0.29, 0.717) is 0 Å². The Labute approximate surface area is 114 Å². The first-order valence-corrected chi connectivity index (χ1v) is 6.60. The molecule has 0 bridgehead atoms. The number of urea groups is 1. The van der Waals surface area contributed by atoms with Crippen molar-refractivity contribution in [3.8, 4) is 0 Å². The third kappa shape index (κ3) is 4.28. The van der Waals surface area contributed by atoms with Crippen LogP contribution >= 0.6 is 0 Å². The van der Waals surface area contributed by atoms with Crippen LogP contribution in [0.4, 0.5) is 4.79 Å². The zero-order chi connectivity index (χ0) is 14.6. The lowest BCUT2D eigenvalue weighted by Gasteiger charge is -2.21. The van der Waals surface area contributed by atoms with Crippen molar-refractivity contribution in [2.45, 2.75) is 46.7 Å². The van der Waals surface area contributed by atoms with Crippen molar-refractivity contribution in [3.05, 3.63) is 23.2 Å². The van der Waals surface area contributed by atoms with Gasteiger partial charge in [-0.25, -0.2) is 4.79 Å². The number of carbonyl (C=O) groups excluding carboxylic acids is 1. The lowest BCUT2D eigenvalue weighted by molar-refractivity contribution is 0.199. The normalized spacial score (nSPS) is 15.7. The van der Waals surface area contributed by atoms with Crippen LogP contribution in [0, 0.1) is 19.8 Å². The summed E-state index contributed by atoms with van der Waals surface area (Å²) in [5.74, 6) is 1.69. The first-order valence-electron chi connectivity index (χ1n) is 6.60. The van der Waals surface area contributed by atoms with Gasteiger partial charge in [0.25, 0.3) is 0 Å². The van der Waals surface area contributed by atoms with E-state index in [1.54, 1.807) is 0 Å². The molecule has 0 spiro atoms. The number of amides is 2. The van der Waals surface area contributed by atoms with Gasteiger partial charge in [0.1, 0.15) is 11.5 Å².